The van der Waals surface area contributed by atoms with Gasteiger partial charge in [-0.3, -0.25) is 9.59 Å². The second-order valence-corrected chi connectivity index (χ2v) is 5.56. The number of hydrogen-bond donors (Lipinski definition) is 1. The van der Waals surface area contributed by atoms with Gasteiger partial charge in [0.2, 0.25) is 0 Å². The van der Waals surface area contributed by atoms with Gasteiger partial charge in [-0.2, -0.15) is 0 Å². The first-order valence-electron chi connectivity index (χ1n) is 7.16. The number of carbonyl (C=O) groups is 2. The van der Waals surface area contributed by atoms with Crippen molar-refractivity contribution in [1.82, 2.24) is 4.98 Å². The summed E-state index contributed by atoms with van der Waals surface area (Å²) in [6, 6.07) is 13.6. The van der Waals surface area contributed by atoms with Gasteiger partial charge in [0.25, 0.3) is 5.91 Å². The van der Waals surface area contributed by atoms with Crippen LogP contribution < -0.4 is 5.32 Å². The van der Waals surface area contributed by atoms with Gasteiger partial charge >= 0.3 is 0 Å². The molecule has 0 atom stereocenters. The molecule has 0 aliphatic rings. The fourth-order valence-corrected chi connectivity index (χ4v) is 2.41. The van der Waals surface area contributed by atoms with Crippen LogP contribution in [0.2, 0.25) is 5.02 Å². The second-order valence-electron chi connectivity index (χ2n) is 5.13. The molecule has 0 bridgehead atoms. The van der Waals surface area contributed by atoms with Gasteiger partial charge in [-0.15, -0.1) is 0 Å². The van der Waals surface area contributed by atoms with Crippen LogP contribution in [0, 0.1) is 0 Å². The Bertz CT molecular complexity index is 901. The minimum absolute atomic E-state index is 0.0346. The monoisotopic (exact) mass is 340 g/mol. The molecule has 0 saturated heterocycles. The van der Waals surface area contributed by atoms with Crippen LogP contribution in [-0.2, 0) is 0 Å². The molecule has 5 nitrogen and oxygen atoms in total. The minimum atomic E-state index is -0.408. The average molecular weight is 341 g/mol. The summed E-state index contributed by atoms with van der Waals surface area (Å²) in [6.07, 6.45) is 1.21. The lowest BCUT2D eigenvalue weighted by atomic mass is 10.1. The summed E-state index contributed by atoms with van der Waals surface area (Å²) < 4.78 is 5.34. The van der Waals surface area contributed by atoms with E-state index in [1.165, 1.54) is 13.3 Å². The van der Waals surface area contributed by atoms with E-state index in [0.717, 1.165) is 0 Å². The summed E-state index contributed by atoms with van der Waals surface area (Å²) in [5, 5.41) is 3.27. The first-order chi connectivity index (χ1) is 11.5. The molecule has 1 amide bonds. The van der Waals surface area contributed by atoms with Crippen molar-refractivity contribution in [3.8, 4) is 11.3 Å². The van der Waals surface area contributed by atoms with Gasteiger partial charge in [0.05, 0.1) is 0 Å². The molecule has 24 heavy (non-hydrogen) atoms. The summed E-state index contributed by atoms with van der Waals surface area (Å²) in [4.78, 5) is 27.7. The van der Waals surface area contributed by atoms with E-state index in [2.05, 4.69) is 10.3 Å². The van der Waals surface area contributed by atoms with Crippen molar-refractivity contribution in [2.75, 3.05) is 5.32 Å². The average Bonchev–Trinajstić information content (AvgIpc) is 3.05. The predicted molar refractivity (Wildman–Crippen MR) is 91.3 cm³/mol. The Labute approximate surface area is 143 Å². The Morgan fingerprint density at radius 3 is 2.54 bits per heavy atom. The summed E-state index contributed by atoms with van der Waals surface area (Å²) >= 11 is 5.97. The predicted octanol–water partition coefficient (Wildman–Crippen LogP) is 4.45. The fraction of sp³-hybridized carbons (Fsp3) is 0.0556. The molecule has 1 N–H and O–H groups in total. The topological polar surface area (TPSA) is 72.2 Å². The van der Waals surface area contributed by atoms with Crippen molar-refractivity contribution in [3.05, 3.63) is 71.2 Å². The molecule has 3 aromatic rings. The third-order valence-corrected chi connectivity index (χ3v) is 3.65. The lowest BCUT2D eigenvalue weighted by Gasteiger charge is -2.05. The van der Waals surface area contributed by atoms with Crippen molar-refractivity contribution < 1.29 is 14.0 Å². The normalized spacial score (nSPS) is 10.4. The zero-order valence-electron chi connectivity index (χ0n) is 12.7. The maximum Gasteiger partial charge on any atom is 0.278 e. The quantitative estimate of drug-likeness (QED) is 0.712. The summed E-state index contributed by atoms with van der Waals surface area (Å²) in [5.74, 6) is -0.0997. The number of rotatable bonds is 4. The molecular weight excluding hydrogens is 328 g/mol. The van der Waals surface area contributed by atoms with E-state index in [1.54, 1.807) is 48.5 Å². The van der Waals surface area contributed by atoms with E-state index in [4.69, 9.17) is 16.0 Å². The molecule has 0 radical (unpaired) electrons. The van der Waals surface area contributed by atoms with Gasteiger partial charge in [-0.1, -0.05) is 23.7 Å². The molecule has 0 spiro atoms. The Morgan fingerprint density at radius 1 is 1.12 bits per heavy atom. The minimum Gasteiger partial charge on any atom is -0.443 e. The molecule has 0 fully saturated rings. The maximum atomic E-state index is 12.4. The highest BCUT2D eigenvalue weighted by molar-refractivity contribution is 6.30. The highest BCUT2D eigenvalue weighted by atomic mass is 35.5. The number of nitrogens with zero attached hydrogens (tertiary/aromatic N) is 1. The number of ketones is 1. The smallest absolute Gasteiger partial charge is 0.278 e. The Morgan fingerprint density at radius 2 is 1.88 bits per heavy atom. The van der Waals surface area contributed by atoms with Gasteiger partial charge in [0.15, 0.2) is 23.6 Å². The van der Waals surface area contributed by atoms with E-state index >= 15 is 0 Å². The summed E-state index contributed by atoms with van der Waals surface area (Å²) in [7, 11) is 0. The van der Waals surface area contributed by atoms with Crippen molar-refractivity contribution in [1.29, 1.82) is 0 Å². The highest BCUT2D eigenvalue weighted by Gasteiger charge is 2.18. The molecule has 6 heteroatoms. The zero-order chi connectivity index (χ0) is 17.1. The first kappa shape index (κ1) is 16.0. The van der Waals surface area contributed by atoms with Crippen molar-refractivity contribution in [2.45, 2.75) is 6.92 Å². The Kier molecular flexibility index (Phi) is 4.44. The summed E-state index contributed by atoms with van der Waals surface area (Å²) in [5.41, 5.74) is 1.96. The van der Waals surface area contributed by atoms with Crippen LogP contribution in [0.25, 0.3) is 11.3 Å². The Balaban J connectivity index is 1.84. The van der Waals surface area contributed by atoms with Gasteiger partial charge in [-0.25, -0.2) is 4.98 Å². The fourth-order valence-electron chi connectivity index (χ4n) is 2.22. The van der Waals surface area contributed by atoms with E-state index in [1.807, 2.05) is 0 Å². The van der Waals surface area contributed by atoms with Crippen LogP contribution in [0.4, 0.5) is 5.69 Å². The Hall–Kier alpha value is -2.92. The van der Waals surface area contributed by atoms with Crippen LogP contribution in [0.5, 0.6) is 0 Å². The lowest BCUT2D eigenvalue weighted by molar-refractivity contribution is 0.101. The molecule has 120 valence electrons. The van der Waals surface area contributed by atoms with Gasteiger partial charge < -0.3 is 9.73 Å². The second kappa shape index (κ2) is 6.68. The number of halogens is 1. The van der Waals surface area contributed by atoms with Crippen LogP contribution in [-0.4, -0.2) is 16.7 Å². The van der Waals surface area contributed by atoms with E-state index < -0.39 is 5.91 Å². The highest BCUT2D eigenvalue weighted by Crippen LogP contribution is 2.26. The number of Topliss-reactive ketones (excluding diaryl/α,β-unsaturated/α-hetero) is 1. The maximum absolute atomic E-state index is 12.4. The van der Waals surface area contributed by atoms with E-state index in [-0.39, 0.29) is 11.5 Å². The number of aromatic nitrogens is 1. The van der Waals surface area contributed by atoms with Crippen LogP contribution in [0.1, 0.15) is 27.8 Å². The third kappa shape index (κ3) is 3.36. The van der Waals surface area contributed by atoms with Crippen molar-refractivity contribution in [3.63, 3.8) is 0 Å². The number of amides is 1. The van der Waals surface area contributed by atoms with Crippen LogP contribution >= 0.6 is 11.6 Å². The standard InChI is InChI=1S/C18H13ClN2O3/c1-11(22)12-5-7-15(8-6-12)21-18(23)16-17(24-10-20-16)13-3-2-4-14(19)9-13/h2-10H,1H3,(H,21,23). The molecule has 0 aliphatic heterocycles. The third-order valence-electron chi connectivity index (χ3n) is 3.42. The number of nitrogens with one attached hydrogen (secondary N) is 1. The van der Waals surface area contributed by atoms with Gasteiger partial charge in [-0.05, 0) is 43.3 Å². The number of oxazole rings is 1. The number of benzene rings is 2. The molecule has 2 aromatic carbocycles. The molecule has 0 aliphatic carbocycles. The van der Waals surface area contributed by atoms with Crippen LogP contribution in [0.15, 0.2) is 59.3 Å². The van der Waals surface area contributed by atoms with Crippen LogP contribution in [0.3, 0.4) is 0 Å². The largest absolute Gasteiger partial charge is 0.443 e. The SMILES string of the molecule is CC(=O)c1ccc(NC(=O)c2ncoc2-c2cccc(Cl)c2)cc1. The first-order valence-corrected chi connectivity index (χ1v) is 7.54. The number of hydrogen-bond acceptors (Lipinski definition) is 4. The summed E-state index contributed by atoms with van der Waals surface area (Å²) in [6.45, 7) is 1.49. The molecule has 0 saturated carbocycles. The van der Waals surface area contributed by atoms with E-state index in [0.29, 0.717) is 27.6 Å². The lowest BCUT2D eigenvalue weighted by Crippen LogP contribution is -2.13. The van der Waals surface area contributed by atoms with E-state index in [9.17, 15) is 9.59 Å². The molecule has 3 rings (SSSR count). The molecule has 1 heterocycles. The van der Waals surface area contributed by atoms with Gasteiger partial charge in [0, 0.05) is 21.8 Å². The molecule has 0 unspecified atom stereocenters. The number of anilines is 1. The van der Waals surface area contributed by atoms with Crippen molar-refractivity contribution in [2.24, 2.45) is 0 Å². The molecule has 1 aromatic heterocycles. The molecular formula is C18H13ClN2O3. The van der Waals surface area contributed by atoms with Crippen molar-refractivity contribution >= 4 is 29.0 Å². The van der Waals surface area contributed by atoms with Gasteiger partial charge in [0.1, 0.15) is 0 Å². The number of carbonyl (C=O) groups excluding carboxylic acids is 2. The zero-order valence-corrected chi connectivity index (χ0v) is 13.5.